The van der Waals surface area contributed by atoms with Crippen LogP contribution in [0.1, 0.15) is 21.5 Å². The Morgan fingerprint density at radius 3 is 2.29 bits per heavy atom. The van der Waals surface area contributed by atoms with Crippen LogP contribution in [0.5, 0.6) is 5.75 Å². The molecule has 0 bridgehead atoms. The highest BCUT2D eigenvalue weighted by atomic mass is 16.5. The zero-order valence-corrected chi connectivity index (χ0v) is 12.3. The topological polar surface area (TPSA) is 46.6 Å². The van der Waals surface area contributed by atoms with Gasteiger partial charge in [-0.25, -0.2) is 0 Å². The normalized spacial score (nSPS) is 10.0. The molecule has 0 spiro atoms. The van der Waals surface area contributed by atoms with E-state index in [1.54, 1.807) is 50.6 Å². The number of hydrogen-bond acceptors (Lipinski definition) is 3. The average Bonchev–Trinajstić information content (AvgIpc) is 2.54. The van der Waals surface area contributed by atoms with Crippen molar-refractivity contribution in [2.45, 2.75) is 6.92 Å². The summed E-state index contributed by atoms with van der Waals surface area (Å²) < 4.78 is 5.24. The van der Waals surface area contributed by atoms with E-state index >= 15 is 0 Å². The Kier molecular flexibility index (Phi) is 4.38. The molecule has 2 aromatic carbocycles. The molecule has 0 fully saturated rings. The van der Waals surface area contributed by atoms with Gasteiger partial charge in [0, 0.05) is 23.9 Å². The van der Waals surface area contributed by atoms with Crippen molar-refractivity contribution in [3.63, 3.8) is 0 Å². The van der Waals surface area contributed by atoms with Gasteiger partial charge in [-0.05, 0) is 42.8 Å². The minimum atomic E-state index is -0.0754. The predicted molar refractivity (Wildman–Crippen MR) is 82.1 cm³/mol. The molecule has 0 aliphatic rings. The Balaban J connectivity index is 2.29. The van der Waals surface area contributed by atoms with E-state index in [-0.39, 0.29) is 5.78 Å². The molecule has 0 unspecified atom stereocenters. The SMILES string of the molecule is COc1cc(C(=O)c2ccc(N(C)C=O)cc2)ccc1C. The second kappa shape index (κ2) is 6.22. The maximum absolute atomic E-state index is 12.4. The first-order chi connectivity index (χ1) is 10.1. The van der Waals surface area contributed by atoms with Crippen LogP contribution < -0.4 is 9.64 Å². The van der Waals surface area contributed by atoms with Gasteiger partial charge in [0.15, 0.2) is 5.78 Å². The zero-order valence-electron chi connectivity index (χ0n) is 12.3. The van der Waals surface area contributed by atoms with E-state index in [1.807, 2.05) is 13.0 Å². The molecular weight excluding hydrogens is 266 g/mol. The number of carbonyl (C=O) groups is 2. The van der Waals surface area contributed by atoms with Crippen LogP contribution in [-0.2, 0) is 4.79 Å². The molecule has 2 rings (SSSR count). The molecule has 0 saturated carbocycles. The van der Waals surface area contributed by atoms with E-state index in [1.165, 1.54) is 4.90 Å². The van der Waals surface area contributed by atoms with Crippen molar-refractivity contribution >= 4 is 17.9 Å². The first-order valence-electron chi connectivity index (χ1n) is 6.54. The van der Waals surface area contributed by atoms with Crippen LogP contribution in [0.25, 0.3) is 0 Å². The molecular formula is C17H17NO3. The summed E-state index contributed by atoms with van der Waals surface area (Å²) in [5.74, 6) is 0.617. The molecule has 0 aliphatic carbocycles. The van der Waals surface area contributed by atoms with Gasteiger partial charge in [0.2, 0.25) is 6.41 Å². The Hall–Kier alpha value is -2.62. The van der Waals surface area contributed by atoms with E-state index in [0.717, 1.165) is 17.7 Å². The summed E-state index contributed by atoms with van der Waals surface area (Å²) in [6.45, 7) is 1.93. The maximum Gasteiger partial charge on any atom is 0.213 e. The van der Waals surface area contributed by atoms with Gasteiger partial charge in [-0.15, -0.1) is 0 Å². The summed E-state index contributed by atoms with van der Waals surface area (Å²) in [4.78, 5) is 24.6. The number of rotatable bonds is 5. The average molecular weight is 283 g/mol. The summed E-state index contributed by atoms with van der Waals surface area (Å²) in [5, 5.41) is 0. The molecule has 0 N–H and O–H groups in total. The Morgan fingerprint density at radius 1 is 1.10 bits per heavy atom. The van der Waals surface area contributed by atoms with Crippen LogP contribution in [0.15, 0.2) is 42.5 Å². The fraction of sp³-hybridized carbons (Fsp3) is 0.176. The minimum absolute atomic E-state index is 0.0754. The quantitative estimate of drug-likeness (QED) is 0.626. The lowest BCUT2D eigenvalue weighted by molar-refractivity contribution is -0.107. The number of carbonyl (C=O) groups excluding carboxylic acids is 2. The molecule has 2 aromatic rings. The minimum Gasteiger partial charge on any atom is -0.496 e. The molecule has 0 atom stereocenters. The van der Waals surface area contributed by atoms with E-state index in [0.29, 0.717) is 16.9 Å². The third-order valence-electron chi connectivity index (χ3n) is 3.37. The molecule has 108 valence electrons. The van der Waals surface area contributed by atoms with Crippen molar-refractivity contribution in [1.29, 1.82) is 0 Å². The molecule has 4 nitrogen and oxygen atoms in total. The summed E-state index contributed by atoms with van der Waals surface area (Å²) in [7, 11) is 3.25. The van der Waals surface area contributed by atoms with Gasteiger partial charge in [0.25, 0.3) is 0 Å². The van der Waals surface area contributed by atoms with E-state index < -0.39 is 0 Å². The van der Waals surface area contributed by atoms with Crippen molar-refractivity contribution in [1.82, 2.24) is 0 Å². The summed E-state index contributed by atoms with van der Waals surface area (Å²) in [5.41, 5.74) is 2.87. The van der Waals surface area contributed by atoms with Crippen LogP contribution in [0, 0.1) is 6.92 Å². The lowest BCUT2D eigenvalue weighted by Crippen LogP contribution is -2.13. The molecule has 0 aromatic heterocycles. The predicted octanol–water partition coefficient (Wildman–Crippen LogP) is 2.83. The lowest BCUT2D eigenvalue weighted by Gasteiger charge is -2.11. The number of nitrogens with zero attached hydrogens (tertiary/aromatic N) is 1. The van der Waals surface area contributed by atoms with Crippen molar-refractivity contribution in [2.75, 3.05) is 19.1 Å². The van der Waals surface area contributed by atoms with Crippen LogP contribution >= 0.6 is 0 Å². The molecule has 4 heteroatoms. The van der Waals surface area contributed by atoms with Gasteiger partial charge >= 0.3 is 0 Å². The van der Waals surface area contributed by atoms with Crippen LogP contribution in [0.3, 0.4) is 0 Å². The Labute approximate surface area is 124 Å². The molecule has 0 saturated heterocycles. The van der Waals surface area contributed by atoms with Crippen molar-refractivity contribution in [3.8, 4) is 5.75 Å². The summed E-state index contributed by atoms with van der Waals surface area (Å²) >= 11 is 0. The number of ether oxygens (including phenoxy) is 1. The van der Waals surface area contributed by atoms with Crippen LogP contribution in [0.4, 0.5) is 5.69 Å². The third-order valence-corrected chi connectivity index (χ3v) is 3.37. The van der Waals surface area contributed by atoms with Gasteiger partial charge in [0.1, 0.15) is 5.75 Å². The van der Waals surface area contributed by atoms with Gasteiger partial charge in [-0.3, -0.25) is 9.59 Å². The lowest BCUT2D eigenvalue weighted by atomic mass is 10.0. The number of hydrogen-bond donors (Lipinski definition) is 0. The summed E-state index contributed by atoms with van der Waals surface area (Å²) in [6.07, 6.45) is 0.724. The third kappa shape index (κ3) is 3.11. The number of anilines is 1. The first-order valence-corrected chi connectivity index (χ1v) is 6.54. The molecule has 0 radical (unpaired) electrons. The number of amides is 1. The molecule has 0 heterocycles. The highest BCUT2D eigenvalue weighted by Gasteiger charge is 2.11. The van der Waals surface area contributed by atoms with Crippen LogP contribution in [-0.4, -0.2) is 26.4 Å². The van der Waals surface area contributed by atoms with E-state index in [9.17, 15) is 9.59 Å². The Bertz CT molecular complexity index is 662. The number of aryl methyl sites for hydroxylation is 1. The van der Waals surface area contributed by atoms with Crippen molar-refractivity contribution in [2.24, 2.45) is 0 Å². The number of benzene rings is 2. The second-order valence-corrected chi connectivity index (χ2v) is 4.78. The largest absolute Gasteiger partial charge is 0.496 e. The number of methoxy groups -OCH3 is 1. The molecule has 21 heavy (non-hydrogen) atoms. The van der Waals surface area contributed by atoms with Gasteiger partial charge in [-0.1, -0.05) is 12.1 Å². The zero-order chi connectivity index (χ0) is 15.4. The smallest absolute Gasteiger partial charge is 0.213 e. The molecule has 1 amide bonds. The Morgan fingerprint density at radius 2 is 1.71 bits per heavy atom. The van der Waals surface area contributed by atoms with E-state index in [4.69, 9.17) is 4.74 Å². The second-order valence-electron chi connectivity index (χ2n) is 4.78. The molecule has 0 aliphatic heterocycles. The fourth-order valence-electron chi connectivity index (χ4n) is 2.04. The monoisotopic (exact) mass is 283 g/mol. The van der Waals surface area contributed by atoms with Gasteiger partial charge < -0.3 is 9.64 Å². The maximum atomic E-state index is 12.4. The van der Waals surface area contributed by atoms with E-state index in [2.05, 4.69) is 0 Å². The summed E-state index contributed by atoms with van der Waals surface area (Å²) in [6, 6.07) is 12.3. The van der Waals surface area contributed by atoms with Gasteiger partial charge in [0.05, 0.1) is 7.11 Å². The highest BCUT2D eigenvalue weighted by Crippen LogP contribution is 2.22. The first kappa shape index (κ1) is 14.8. The van der Waals surface area contributed by atoms with Gasteiger partial charge in [-0.2, -0.15) is 0 Å². The highest BCUT2D eigenvalue weighted by molar-refractivity contribution is 6.09. The van der Waals surface area contributed by atoms with Crippen LogP contribution in [0.2, 0.25) is 0 Å². The standard InChI is InChI=1S/C17H17NO3/c1-12-4-5-14(10-16(12)21-3)17(20)13-6-8-15(9-7-13)18(2)11-19/h4-11H,1-3H3. The van der Waals surface area contributed by atoms with Crippen molar-refractivity contribution in [3.05, 3.63) is 59.2 Å². The van der Waals surface area contributed by atoms with Crippen molar-refractivity contribution < 1.29 is 14.3 Å². The number of ketones is 1. The fourth-order valence-corrected chi connectivity index (χ4v) is 2.04.